The highest BCUT2D eigenvalue weighted by Gasteiger charge is 2.39. The van der Waals surface area contributed by atoms with Gasteiger partial charge in [-0.3, -0.25) is 14.5 Å². The molecule has 0 unspecified atom stereocenters. The number of carbonyl (C=O) groups is 2. The largest absolute Gasteiger partial charge is 0.497 e. The van der Waals surface area contributed by atoms with Gasteiger partial charge in [-0.15, -0.1) is 6.58 Å². The number of hydrogen-bond acceptors (Lipinski definition) is 5. The predicted octanol–water partition coefficient (Wildman–Crippen LogP) is 0.885. The van der Waals surface area contributed by atoms with Crippen LogP contribution in [0, 0.1) is 0 Å². The molecule has 0 aromatic heterocycles. The van der Waals surface area contributed by atoms with Crippen molar-refractivity contribution in [1.29, 1.82) is 0 Å². The minimum Gasteiger partial charge on any atom is -0.497 e. The monoisotopic (exact) mass is 316 g/mol. The molecule has 1 aliphatic rings. The summed E-state index contributed by atoms with van der Waals surface area (Å²) in [5.74, 6) is -0.0733. The van der Waals surface area contributed by atoms with E-state index in [1.54, 1.807) is 43.3 Å². The second-order valence-electron chi connectivity index (χ2n) is 5.11. The molecular weight excluding hydrogens is 296 g/mol. The summed E-state index contributed by atoms with van der Waals surface area (Å²) >= 11 is 0. The summed E-state index contributed by atoms with van der Waals surface area (Å²) in [4.78, 5) is 28.0. The molecule has 0 saturated heterocycles. The molecule has 1 heterocycles. The predicted molar refractivity (Wildman–Crippen MR) is 86.5 cm³/mol. The zero-order valence-electron chi connectivity index (χ0n) is 13.3. The van der Waals surface area contributed by atoms with E-state index in [9.17, 15) is 9.59 Å². The van der Waals surface area contributed by atoms with Gasteiger partial charge in [0.25, 0.3) is 11.8 Å². The van der Waals surface area contributed by atoms with Gasteiger partial charge in [-0.2, -0.15) is 0 Å². The third kappa shape index (κ3) is 3.12. The summed E-state index contributed by atoms with van der Waals surface area (Å²) in [6.07, 6.45) is 1.51. The van der Waals surface area contributed by atoms with Crippen LogP contribution in [0.3, 0.4) is 0 Å². The van der Waals surface area contributed by atoms with E-state index in [2.05, 4.69) is 6.58 Å². The molecule has 122 valence electrons. The number of amides is 2. The molecule has 0 spiro atoms. The molecule has 1 aromatic rings. The van der Waals surface area contributed by atoms with Crippen LogP contribution in [0.15, 0.2) is 42.6 Å². The van der Waals surface area contributed by atoms with Crippen LogP contribution in [-0.4, -0.2) is 60.6 Å². The van der Waals surface area contributed by atoms with Gasteiger partial charge in [0, 0.05) is 20.1 Å². The number of rotatable bonds is 7. The Morgan fingerprint density at radius 3 is 2.43 bits per heavy atom. The molecule has 0 aliphatic carbocycles. The highest BCUT2D eigenvalue weighted by Crippen LogP contribution is 2.31. The molecule has 0 saturated carbocycles. The molecule has 1 aliphatic heterocycles. The van der Waals surface area contributed by atoms with Gasteiger partial charge in [0.05, 0.1) is 19.3 Å². The number of aliphatic hydroxyl groups is 1. The fourth-order valence-corrected chi connectivity index (χ4v) is 2.49. The van der Waals surface area contributed by atoms with Crippen LogP contribution in [0.1, 0.15) is 5.56 Å². The van der Waals surface area contributed by atoms with Crippen LogP contribution in [0.2, 0.25) is 0 Å². The second kappa shape index (κ2) is 7.11. The number of nitrogens with zero attached hydrogens (tertiary/aromatic N) is 2. The average molecular weight is 316 g/mol. The van der Waals surface area contributed by atoms with Crippen molar-refractivity contribution in [2.45, 2.75) is 0 Å². The number of hydrogen-bond donors (Lipinski definition) is 1. The summed E-state index contributed by atoms with van der Waals surface area (Å²) in [5.41, 5.74) is 1.25. The Labute approximate surface area is 135 Å². The van der Waals surface area contributed by atoms with Gasteiger partial charge in [0.15, 0.2) is 0 Å². The first-order chi connectivity index (χ1) is 11.0. The lowest BCUT2D eigenvalue weighted by atomic mass is 10.0. The van der Waals surface area contributed by atoms with E-state index in [1.807, 2.05) is 0 Å². The standard InChI is InChI=1S/C17H20N2O4/c1-4-9-19-16(21)14(12-5-7-13(23-3)8-6-12)15(17(19)22)18(2)10-11-20/h4-8,20H,1,9-11H2,2-3H3. The highest BCUT2D eigenvalue weighted by atomic mass is 16.5. The highest BCUT2D eigenvalue weighted by molar-refractivity contribution is 6.35. The molecule has 0 radical (unpaired) electrons. The van der Waals surface area contributed by atoms with Gasteiger partial charge in [-0.05, 0) is 17.7 Å². The van der Waals surface area contributed by atoms with Crippen LogP contribution >= 0.6 is 0 Å². The normalized spacial score (nSPS) is 14.5. The van der Waals surface area contributed by atoms with Crippen molar-refractivity contribution < 1.29 is 19.4 Å². The number of carbonyl (C=O) groups excluding carboxylic acids is 2. The Kier molecular flexibility index (Phi) is 5.18. The Morgan fingerprint density at radius 2 is 1.91 bits per heavy atom. The lowest BCUT2D eigenvalue weighted by Crippen LogP contribution is -2.34. The molecule has 2 rings (SSSR count). The fourth-order valence-electron chi connectivity index (χ4n) is 2.49. The van der Waals surface area contributed by atoms with Crippen molar-refractivity contribution in [1.82, 2.24) is 9.80 Å². The van der Waals surface area contributed by atoms with Gasteiger partial charge in [0.2, 0.25) is 0 Å². The van der Waals surface area contributed by atoms with Gasteiger partial charge in [0.1, 0.15) is 11.4 Å². The number of imide groups is 1. The van der Waals surface area contributed by atoms with Crippen molar-refractivity contribution in [2.24, 2.45) is 0 Å². The fraction of sp³-hybridized carbons (Fsp3) is 0.294. The minimum absolute atomic E-state index is 0.112. The molecule has 2 amide bonds. The topological polar surface area (TPSA) is 70.1 Å². The maximum absolute atomic E-state index is 12.7. The summed E-state index contributed by atoms with van der Waals surface area (Å²) in [6, 6.07) is 6.95. The van der Waals surface area contributed by atoms with Gasteiger partial charge < -0.3 is 14.7 Å². The Morgan fingerprint density at radius 1 is 1.26 bits per heavy atom. The number of aliphatic hydroxyl groups excluding tert-OH is 1. The first-order valence-corrected chi connectivity index (χ1v) is 7.23. The quantitative estimate of drug-likeness (QED) is 0.597. The van der Waals surface area contributed by atoms with Crippen molar-refractivity contribution >= 4 is 17.4 Å². The molecule has 0 bridgehead atoms. The smallest absolute Gasteiger partial charge is 0.278 e. The Balaban J connectivity index is 2.52. The maximum Gasteiger partial charge on any atom is 0.278 e. The zero-order chi connectivity index (χ0) is 17.0. The third-order valence-electron chi connectivity index (χ3n) is 3.65. The summed E-state index contributed by atoms with van der Waals surface area (Å²) < 4.78 is 5.12. The van der Waals surface area contributed by atoms with Crippen LogP contribution in [0.5, 0.6) is 5.75 Å². The van der Waals surface area contributed by atoms with Crippen molar-refractivity contribution in [2.75, 3.05) is 33.9 Å². The van der Waals surface area contributed by atoms with Crippen LogP contribution in [0.25, 0.3) is 5.57 Å². The third-order valence-corrected chi connectivity index (χ3v) is 3.65. The van der Waals surface area contributed by atoms with Gasteiger partial charge in [-0.25, -0.2) is 0 Å². The summed E-state index contributed by atoms with van der Waals surface area (Å²) in [5, 5.41) is 9.14. The maximum atomic E-state index is 12.7. The Hall–Kier alpha value is -2.60. The number of ether oxygens (including phenoxy) is 1. The first-order valence-electron chi connectivity index (χ1n) is 7.23. The summed E-state index contributed by atoms with van der Waals surface area (Å²) in [6.45, 7) is 3.88. The van der Waals surface area contributed by atoms with E-state index in [-0.39, 0.29) is 37.2 Å². The molecule has 1 aromatic carbocycles. The van der Waals surface area contributed by atoms with E-state index in [0.717, 1.165) is 4.90 Å². The van der Waals surface area contributed by atoms with E-state index in [4.69, 9.17) is 9.84 Å². The molecule has 6 nitrogen and oxygen atoms in total. The van der Waals surface area contributed by atoms with Crippen molar-refractivity contribution in [3.63, 3.8) is 0 Å². The zero-order valence-corrected chi connectivity index (χ0v) is 13.3. The SMILES string of the molecule is C=CCN1C(=O)C(c2ccc(OC)cc2)=C(N(C)CCO)C1=O. The van der Waals surface area contributed by atoms with Crippen molar-refractivity contribution in [3.8, 4) is 5.75 Å². The molecule has 6 heteroatoms. The van der Waals surface area contributed by atoms with Crippen LogP contribution < -0.4 is 4.74 Å². The van der Waals surface area contributed by atoms with E-state index in [0.29, 0.717) is 16.9 Å². The molecule has 23 heavy (non-hydrogen) atoms. The number of likely N-dealkylation sites (N-methyl/N-ethyl adjacent to an activating group) is 1. The minimum atomic E-state index is -0.378. The van der Waals surface area contributed by atoms with E-state index in [1.165, 1.54) is 6.08 Å². The van der Waals surface area contributed by atoms with Gasteiger partial charge >= 0.3 is 0 Å². The van der Waals surface area contributed by atoms with Gasteiger partial charge in [-0.1, -0.05) is 18.2 Å². The molecule has 0 atom stereocenters. The van der Waals surface area contributed by atoms with Crippen molar-refractivity contribution in [3.05, 3.63) is 48.2 Å². The second-order valence-corrected chi connectivity index (χ2v) is 5.11. The molecule has 0 fully saturated rings. The number of benzene rings is 1. The van der Waals surface area contributed by atoms with E-state index < -0.39 is 0 Å². The Bertz CT molecular complexity index is 649. The first kappa shape index (κ1) is 16.8. The van der Waals surface area contributed by atoms with E-state index >= 15 is 0 Å². The summed E-state index contributed by atoms with van der Waals surface area (Å²) in [7, 11) is 3.24. The van der Waals surface area contributed by atoms with Crippen LogP contribution in [-0.2, 0) is 9.59 Å². The molecule has 1 N–H and O–H groups in total. The lowest BCUT2D eigenvalue weighted by Gasteiger charge is -2.19. The molecular formula is C17H20N2O4. The lowest BCUT2D eigenvalue weighted by molar-refractivity contribution is -0.136. The van der Waals surface area contributed by atoms with Crippen LogP contribution in [0.4, 0.5) is 0 Å². The average Bonchev–Trinajstić information content (AvgIpc) is 2.80. The number of methoxy groups -OCH3 is 1.